The Kier molecular flexibility index (Phi) is 5.83. The Balaban J connectivity index is 1.81. The van der Waals surface area contributed by atoms with Crippen molar-refractivity contribution in [2.45, 2.75) is 22.0 Å². The number of alkyl halides is 4. The second kappa shape index (κ2) is 7.63. The molecule has 3 rings (SSSR count). The number of benzene rings is 2. The van der Waals surface area contributed by atoms with Crippen molar-refractivity contribution in [3.05, 3.63) is 59.7 Å². The van der Waals surface area contributed by atoms with Gasteiger partial charge in [0.2, 0.25) is 8.91 Å². The minimum atomic E-state index is -1.62. The van der Waals surface area contributed by atoms with Crippen molar-refractivity contribution in [2.75, 3.05) is 13.1 Å². The van der Waals surface area contributed by atoms with Crippen LogP contribution in [0, 0.1) is 0 Å². The molecule has 4 nitrogen and oxygen atoms in total. The quantitative estimate of drug-likeness (QED) is 0.540. The number of phenols is 2. The van der Waals surface area contributed by atoms with E-state index in [9.17, 15) is 10.2 Å². The van der Waals surface area contributed by atoms with Crippen molar-refractivity contribution in [3.8, 4) is 11.5 Å². The predicted molar refractivity (Wildman–Crippen MR) is 106 cm³/mol. The van der Waals surface area contributed by atoms with E-state index in [1.807, 2.05) is 12.1 Å². The molecule has 0 spiro atoms. The topological polar surface area (TPSA) is 46.9 Å². The first-order valence-electron chi connectivity index (χ1n) is 8.03. The largest absolute Gasteiger partial charge is 0.508 e. The minimum absolute atomic E-state index is 0.156. The third kappa shape index (κ3) is 3.72. The van der Waals surface area contributed by atoms with Gasteiger partial charge in [-0.3, -0.25) is 9.80 Å². The molecule has 0 radical (unpaired) electrons. The maximum atomic E-state index is 10.0. The number of nitrogens with zero attached hydrogens (tertiary/aromatic N) is 2. The fourth-order valence-corrected chi connectivity index (χ4v) is 4.01. The molecule has 140 valence electrons. The summed E-state index contributed by atoms with van der Waals surface area (Å²) < 4.78 is -3.25. The summed E-state index contributed by atoms with van der Waals surface area (Å²) in [7, 11) is 0. The molecule has 0 saturated carbocycles. The Morgan fingerprint density at radius 1 is 0.692 bits per heavy atom. The lowest BCUT2D eigenvalue weighted by Gasteiger charge is -2.51. The highest BCUT2D eigenvalue weighted by Crippen LogP contribution is 2.51. The molecular weight excluding hydrogens is 418 g/mol. The van der Waals surface area contributed by atoms with Gasteiger partial charge in [-0.2, -0.15) is 0 Å². The second-order valence-corrected chi connectivity index (χ2v) is 8.76. The number of para-hydroxylation sites is 2. The van der Waals surface area contributed by atoms with E-state index in [2.05, 4.69) is 0 Å². The number of rotatable bonds is 4. The first kappa shape index (κ1) is 19.9. The summed E-state index contributed by atoms with van der Waals surface area (Å²) in [6.07, 6.45) is 0. The van der Waals surface area contributed by atoms with Crippen molar-refractivity contribution in [2.24, 2.45) is 0 Å². The highest BCUT2D eigenvalue weighted by molar-refractivity contribution is 6.62. The predicted octanol–water partition coefficient (Wildman–Crippen LogP) is 4.68. The Hall–Kier alpha value is -0.880. The molecule has 0 bridgehead atoms. The maximum absolute atomic E-state index is 10.0. The van der Waals surface area contributed by atoms with Gasteiger partial charge >= 0.3 is 0 Å². The van der Waals surface area contributed by atoms with Crippen molar-refractivity contribution in [3.63, 3.8) is 0 Å². The van der Waals surface area contributed by atoms with Crippen LogP contribution in [0.15, 0.2) is 48.5 Å². The van der Waals surface area contributed by atoms with Gasteiger partial charge in [-0.05, 0) is 12.1 Å². The van der Waals surface area contributed by atoms with Gasteiger partial charge in [0.05, 0.1) is 0 Å². The van der Waals surface area contributed by atoms with Gasteiger partial charge < -0.3 is 10.2 Å². The molecule has 0 amide bonds. The van der Waals surface area contributed by atoms with Gasteiger partial charge in [0.25, 0.3) is 0 Å². The number of aromatic hydroxyl groups is 2. The molecule has 26 heavy (non-hydrogen) atoms. The molecular formula is C18H18Cl4N2O2. The van der Waals surface area contributed by atoms with E-state index in [1.165, 1.54) is 0 Å². The summed E-state index contributed by atoms with van der Waals surface area (Å²) >= 11 is 26.3. The lowest BCUT2D eigenvalue weighted by molar-refractivity contribution is 0.0409. The number of phenolic OH excluding ortho intramolecular Hbond substituents is 2. The summed E-state index contributed by atoms with van der Waals surface area (Å²) in [6, 6.07) is 13.9. The highest BCUT2D eigenvalue weighted by Gasteiger charge is 2.58. The maximum Gasteiger partial charge on any atom is 0.218 e. The molecule has 2 N–H and O–H groups in total. The zero-order chi connectivity index (χ0) is 18.9. The van der Waals surface area contributed by atoms with Crippen LogP contribution in [-0.2, 0) is 13.1 Å². The van der Waals surface area contributed by atoms with Crippen LogP contribution in [0.5, 0.6) is 11.5 Å². The number of piperazine rings is 1. The normalized spacial score (nSPS) is 20.2. The Morgan fingerprint density at radius 2 is 1.04 bits per heavy atom. The summed E-state index contributed by atoms with van der Waals surface area (Å²) in [5.41, 5.74) is 1.35. The van der Waals surface area contributed by atoms with E-state index in [0.717, 1.165) is 0 Å². The molecule has 1 aliphatic rings. The fraction of sp³-hybridized carbons (Fsp3) is 0.333. The molecule has 0 aromatic heterocycles. The van der Waals surface area contributed by atoms with Crippen LogP contribution in [0.1, 0.15) is 11.1 Å². The van der Waals surface area contributed by atoms with Crippen molar-refractivity contribution >= 4 is 46.4 Å². The van der Waals surface area contributed by atoms with E-state index < -0.39 is 8.91 Å². The zero-order valence-corrected chi connectivity index (χ0v) is 16.8. The summed E-state index contributed by atoms with van der Waals surface area (Å²) in [6.45, 7) is 1.56. The molecule has 0 aliphatic carbocycles. The molecule has 2 aromatic rings. The van der Waals surface area contributed by atoms with E-state index >= 15 is 0 Å². The van der Waals surface area contributed by atoms with Crippen LogP contribution in [0.3, 0.4) is 0 Å². The molecule has 0 unspecified atom stereocenters. The SMILES string of the molecule is Oc1ccccc1CN1CCN(Cc2ccccc2O)C(Cl)(Cl)C1(Cl)Cl. The molecule has 2 aromatic carbocycles. The fourth-order valence-electron chi connectivity index (χ4n) is 2.96. The molecule has 1 saturated heterocycles. The lowest BCUT2D eigenvalue weighted by Crippen LogP contribution is -2.65. The molecule has 1 aliphatic heterocycles. The van der Waals surface area contributed by atoms with Crippen LogP contribution >= 0.6 is 46.4 Å². The summed E-state index contributed by atoms with van der Waals surface area (Å²) in [5, 5.41) is 20.0. The average molecular weight is 436 g/mol. The van der Waals surface area contributed by atoms with Gasteiger partial charge in [0, 0.05) is 37.3 Å². The number of hydrogen-bond acceptors (Lipinski definition) is 4. The van der Waals surface area contributed by atoms with Crippen LogP contribution in [0.4, 0.5) is 0 Å². The van der Waals surface area contributed by atoms with E-state index in [-0.39, 0.29) is 11.5 Å². The van der Waals surface area contributed by atoms with E-state index in [4.69, 9.17) is 46.4 Å². The first-order chi connectivity index (χ1) is 12.2. The van der Waals surface area contributed by atoms with Gasteiger partial charge in [-0.25, -0.2) is 0 Å². The molecule has 1 fully saturated rings. The van der Waals surface area contributed by atoms with Gasteiger partial charge in [0.1, 0.15) is 11.5 Å². The third-order valence-electron chi connectivity index (χ3n) is 4.50. The van der Waals surface area contributed by atoms with Crippen molar-refractivity contribution < 1.29 is 10.2 Å². The summed E-state index contributed by atoms with van der Waals surface area (Å²) in [4.78, 5) is 3.43. The first-order valence-corrected chi connectivity index (χ1v) is 9.54. The standard InChI is InChI=1S/C18H18Cl4N2O2/c19-17(20)18(21,22)24(12-14-6-2-4-8-16(14)26)10-9-23(17)11-13-5-1-3-7-15(13)25/h1-8,25-26H,9-12H2. The Bertz CT molecular complexity index is 720. The number of halogens is 4. The average Bonchev–Trinajstić information content (AvgIpc) is 2.59. The minimum Gasteiger partial charge on any atom is -0.508 e. The van der Waals surface area contributed by atoms with E-state index in [1.54, 1.807) is 46.2 Å². The van der Waals surface area contributed by atoms with Crippen LogP contribution in [0.25, 0.3) is 0 Å². The van der Waals surface area contributed by atoms with Crippen LogP contribution in [-0.4, -0.2) is 42.0 Å². The third-order valence-corrected chi connectivity index (χ3v) is 6.94. The van der Waals surface area contributed by atoms with Crippen molar-refractivity contribution in [1.82, 2.24) is 9.80 Å². The second-order valence-electron chi connectivity index (χ2n) is 6.18. The smallest absolute Gasteiger partial charge is 0.218 e. The molecule has 8 heteroatoms. The lowest BCUT2D eigenvalue weighted by atomic mass is 10.1. The monoisotopic (exact) mass is 434 g/mol. The van der Waals surface area contributed by atoms with Crippen molar-refractivity contribution in [1.29, 1.82) is 0 Å². The highest BCUT2D eigenvalue weighted by atomic mass is 35.5. The van der Waals surface area contributed by atoms with Crippen LogP contribution < -0.4 is 0 Å². The molecule has 1 heterocycles. The number of hydrogen-bond donors (Lipinski definition) is 2. The van der Waals surface area contributed by atoms with Crippen LogP contribution in [0.2, 0.25) is 0 Å². The Labute approximate surface area is 172 Å². The Morgan fingerprint density at radius 3 is 1.38 bits per heavy atom. The van der Waals surface area contributed by atoms with E-state index in [0.29, 0.717) is 37.3 Å². The van der Waals surface area contributed by atoms with Gasteiger partial charge in [-0.1, -0.05) is 82.8 Å². The summed E-state index contributed by atoms with van der Waals surface area (Å²) in [5.74, 6) is 0.311. The zero-order valence-electron chi connectivity index (χ0n) is 13.7. The molecule has 0 atom stereocenters. The van der Waals surface area contributed by atoms with Gasteiger partial charge in [0.15, 0.2) is 0 Å². The van der Waals surface area contributed by atoms with Gasteiger partial charge in [-0.15, -0.1) is 0 Å².